The molecule has 0 spiro atoms. The fraction of sp³-hybridized carbons (Fsp3) is 0.296. The van der Waals surface area contributed by atoms with E-state index < -0.39 is 32.5 Å². The summed E-state index contributed by atoms with van der Waals surface area (Å²) in [4.78, 5) is 13.3. The highest BCUT2D eigenvalue weighted by Crippen LogP contribution is 2.31. The lowest BCUT2D eigenvalue weighted by Crippen LogP contribution is -2.38. The average molecular weight is 574 g/mol. The van der Waals surface area contributed by atoms with Gasteiger partial charge in [-0.15, -0.1) is 0 Å². The highest BCUT2D eigenvalue weighted by molar-refractivity contribution is 7.92. The number of nitrogens with zero attached hydrogens (tertiary/aromatic N) is 2. The van der Waals surface area contributed by atoms with Gasteiger partial charge in [0.05, 0.1) is 35.4 Å². The number of rotatable bonds is 10. The number of sulfonamides is 2. The van der Waals surface area contributed by atoms with E-state index in [0.717, 1.165) is 23.6 Å². The summed E-state index contributed by atoms with van der Waals surface area (Å²) in [7, 11) is -5.00. The van der Waals surface area contributed by atoms with Crippen molar-refractivity contribution in [3.63, 3.8) is 0 Å². The standard InChI is InChI=1S/C27H31N3O7S2/c1-36-22-13-11-21(12-14-22)30(39(34,35)23-9-5-3-6-10-23)20-27(31)28-25-19-24(15-16-26(25)37-2)38(32,33)29-17-7-4-8-18-29/h3,5-6,9-16,19H,4,7-8,17-18,20H2,1-2H3,(H,28,31). The number of methoxy groups -OCH3 is 2. The van der Waals surface area contributed by atoms with E-state index >= 15 is 0 Å². The highest BCUT2D eigenvalue weighted by Gasteiger charge is 2.29. The molecule has 0 atom stereocenters. The van der Waals surface area contributed by atoms with Crippen LogP contribution in [0.3, 0.4) is 0 Å². The summed E-state index contributed by atoms with van der Waals surface area (Å²) in [6, 6.07) is 18.3. The molecule has 39 heavy (non-hydrogen) atoms. The van der Waals surface area contributed by atoms with Crippen LogP contribution in [-0.2, 0) is 24.8 Å². The second-order valence-corrected chi connectivity index (χ2v) is 12.7. The van der Waals surface area contributed by atoms with E-state index in [4.69, 9.17) is 9.47 Å². The van der Waals surface area contributed by atoms with Crippen molar-refractivity contribution in [3.05, 3.63) is 72.8 Å². The number of carbonyl (C=O) groups excluding carboxylic acids is 1. The number of amides is 1. The van der Waals surface area contributed by atoms with Crippen LogP contribution < -0.4 is 19.1 Å². The topological polar surface area (TPSA) is 122 Å². The van der Waals surface area contributed by atoms with E-state index in [9.17, 15) is 21.6 Å². The predicted molar refractivity (Wildman–Crippen MR) is 148 cm³/mol. The van der Waals surface area contributed by atoms with Crippen molar-refractivity contribution < 1.29 is 31.1 Å². The Morgan fingerprint density at radius 3 is 2.13 bits per heavy atom. The van der Waals surface area contributed by atoms with Gasteiger partial charge in [-0.05, 0) is 67.4 Å². The number of carbonyl (C=O) groups is 1. The van der Waals surface area contributed by atoms with Gasteiger partial charge in [-0.1, -0.05) is 24.6 Å². The quantitative estimate of drug-likeness (QED) is 0.392. The number of nitrogens with one attached hydrogen (secondary N) is 1. The van der Waals surface area contributed by atoms with Gasteiger partial charge in [0, 0.05) is 13.1 Å². The van der Waals surface area contributed by atoms with Gasteiger partial charge in [-0.3, -0.25) is 9.10 Å². The van der Waals surface area contributed by atoms with Crippen molar-refractivity contribution >= 4 is 37.3 Å². The molecule has 208 valence electrons. The number of anilines is 2. The maximum atomic E-state index is 13.6. The first-order valence-corrected chi connectivity index (χ1v) is 15.2. The molecule has 1 saturated heterocycles. The van der Waals surface area contributed by atoms with Crippen LogP contribution >= 0.6 is 0 Å². The third kappa shape index (κ3) is 6.35. The van der Waals surface area contributed by atoms with Gasteiger partial charge in [-0.25, -0.2) is 16.8 Å². The molecule has 1 fully saturated rings. The largest absolute Gasteiger partial charge is 0.497 e. The molecular weight excluding hydrogens is 542 g/mol. The Labute approximate surface area is 229 Å². The maximum Gasteiger partial charge on any atom is 0.264 e. The van der Waals surface area contributed by atoms with E-state index in [2.05, 4.69) is 5.32 Å². The summed E-state index contributed by atoms with van der Waals surface area (Å²) in [5.74, 6) is 0.0794. The maximum absolute atomic E-state index is 13.6. The molecule has 3 aromatic carbocycles. The van der Waals surface area contributed by atoms with Crippen molar-refractivity contribution in [1.82, 2.24) is 4.31 Å². The molecule has 1 N–H and O–H groups in total. The smallest absolute Gasteiger partial charge is 0.264 e. The fourth-order valence-corrected chi connectivity index (χ4v) is 7.29. The van der Waals surface area contributed by atoms with Gasteiger partial charge in [0.25, 0.3) is 10.0 Å². The number of ether oxygens (including phenoxy) is 2. The van der Waals surface area contributed by atoms with Gasteiger partial charge in [-0.2, -0.15) is 4.31 Å². The van der Waals surface area contributed by atoms with Crippen LogP contribution in [0.25, 0.3) is 0 Å². The monoisotopic (exact) mass is 573 g/mol. The molecular formula is C27H31N3O7S2. The normalized spacial score (nSPS) is 14.4. The molecule has 0 aliphatic carbocycles. The summed E-state index contributed by atoms with van der Waals surface area (Å²) >= 11 is 0. The number of hydrogen-bond acceptors (Lipinski definition) is 7. The molecule has 10 nitrogen and oxygen atoms in total. The Morgan fingerprint density at radius 2 is 1.51 bits per heavy atom. The summed E-state index contributed by atoms with van der Waals surface area (Å²) in [6.45, 7) is 0.296. The molecule has 0 unspecified atom stereocenters. The second-order valence-electron chi connectivity index (χ2n) is 8.90. The van der Waals surface area contributed by atoms with Crippen LogP contribution in [0.4, 0.5) is 11.4 Å². The van der Waals surface area contributed by atoms with Crippen LogP contribution in [0, 0.1) is 0 Å². The molecule has 1 aliphatic rings. The number of hydrogen-bond donors (Lipinski definition) is 1. The van der Waals surface area contributed by atoms with Gasteiger partial charge in [0.2, 0.25) is 15.9 Å². The van der Waals surface area contributed by atoms with Crippen molar-refractivity contribution in [1.29, 1.82) is 0 Å². The van der Waals surface area contributed by atoms with Crippen LogP contribution in [-0.4, -0.2) is 60.9 Å². The Hall–Kier alpha value is -3.61. The summed E-state index contributed by atoms with van der Waals surface area (Å²) in [5.41, 5.74) is 0.371. The predicted octanol–water partition coefficient (Wildman–Crippen LogP) is 3.71. The third-order valence-electron chi connectivity index (χ3n) is 6.38. The van der Waals surface area contributed by atoms with Crippen LogP contribution in [0.2, 0.25) is 0 Å². The zero-order valence-corrected chi connectivity index (χ0v) is 23.4. The second kappa shape index (κ2) is 12.1. The average Bonchev–Trinajstić information content (AvgIpc) is 2.96. The molecule has 12 heteroatoms. The summed E-state index contributed by atoms with van der Waals surface area (Å²) in [6.07, 6.45) is 2.55. The Balaban J connectivity index is 1.64. The lowest BCUT2D eigenvalue weighted by molar-refractivity contribution is -0.114. The number of benzene rings is 3. The van der Waals surface area contributed by atoms with Gasteiger partial charge in [0.15, 0.2) is 0 Å². The van der Waals surface area contributed by atoms with Crippen molar-refractivity contribution in [2.45, 2.75) is 29.1 Å². The van der Waals surface area contributed by atoms with Gasteiger partial charge >= 0.3 is 0 Å². The third-order valence-corrected chi connectivity index (χ3v) is 10.1. The minimum Gasteiger partial charge on any atom is -0.497 e. The molecule has 1 amide bonds. The van der Waals surface area contributed by atoms with Crippen molar-refractivity contribution in [2.24, 2.45) is 0 Å². The Kier molecular flexibility index (Phi) is 8.78. The molecule has 0 radical (unpaired) electrons. The van der Waals surface area contributed by atoms with Crippen molar-refractivity contribution in [2.75, 3.05) is 43.5 Å². The number of piperidine rings is 1. The van der Waals surface area contributed by atoms with Crippen LogP contribution in [0.15, 0.2) is 82.6 Å². The SMILES string of the molecule is COc1ccc(N(CC(=O)Nc2cc(S(=O)(=O)N3CCCCC3)ccc2OC)S(=O)(=O)c2ccccc2)cc1. The van der Waals surface area contributed by atoms with E-state index in [1.807, 2.05) is 0 Å². The van der Waals surface area contributed by atoms with Crippen molar-refractivity contribution in [3.8, 4) is 11.5 Å². The molecule has 1 aliphatic heterocycles. The molecule has 3 aromatic rings. The van der Waals surface area contributed by atoms with E-state index in [1.54, 1.807) is 42.5 Å². The molecule has 0 saturated carbocycles. The fourth-order valence-electron chi connectivity index (χ4n) is 4.30. The Bertz CT molecular complexity index is 1500. The van der Waals surface area contributed by atoms with E-state index in [0.29, 0.717) is 18.8 Å². The summed E-state index contributed by atoms with van der Waals surface area (Å²) in [5, 5.41) is 2.65. The Morgan fingerprint density at radius 1 is 0.846 bits per heavy atom. The van der Waals surface area contributed by atoms with Crippen LogP contribution in [0.5, 0.6) is 11.5 Å². The first kappa shape index (κ1) is 28.4. The highest BCUT2D eigenvalue weighted by atomic mass is 32.2. The first-order valence-electron chi connectivity index (χ1n) is 12.4. The van der Waals surface area contributed by atoms with Crippen LogP contribution in [0.1, 0.15) is 19.3 Å². The first-order chi connectivity index (χ1) is 18.7. The molecule has 0 aromatic heterocycles. The lowest BCUT2D eigenvalue weighted by Gasteiger charge is -2.26. The molecule has 0 bridgehead atoms. The van der Waals surface area contributed by atoms with E-state index in [-0.39, 0.29) is 26.9 Å². The lowest BCUT2D eigenvalue weighted by atomic mass is 10.2. The minimum absolute atomic E-state index is 0.0146. The van der Waals surface area contributed by atoms with Gasteiger partial charge in [0.1, 0.15) is 18.0 Å². The molecule has 1 heterocycles. The zero-order chi connectivity index (χ0) is 28.0. The summed E-state index contributed by atoms with van der Waals surface area (Å²) < 4.78 is 66.5. The molecule has 4 rings (SSSR count). The zero-order valence-electron chi connectivity index (χ0n) is 21.7. The van der Waals surface area contributed by atoms with Gasteiger partial charge < -0.3 is 14.8 Å². The van der Waals surface area contributed by atoms with E-state index in [1.165, 1.54) is 48.9 Å². The minimum atomic E-state index is -4.12.